The fraction of sp³-hybridized carbons (Fsp3) is 0.526. The maximum atomic E-state index is 12.7. The number of aliphatic carboxylic acids is 2. The number of carboxylic acid groups (broad SMARTS) is 2. The lowest BCUT2D eigenvalue weighted by atomic mass is 10.1. The highest BCUT2D eigenvalue weighted by molar-refractivity contribution is 5.88. The van der Waals surface area contributed by atoms with Gasteiger partial charge in [0.2, 0.25) is 5.91 Å². The number of likely N-dealkylation sites (tertiary alicyclic amines) is 1. The van der Waals surface area contributed by atoms with E-state index in [9.17, 15) is 19.5 Å². The summed E-state index contributed by atoms with van der Waals surface area (Å²) in [5.41, 5.74) is 0.969. The SMILES string of the molecule is CC[C@H](NC(C)C(=O)N1C[C@H](OCc2ccccc2)C[C@H]1C(=O)O)C(=O)O. The molecule has 0 aliphatic carbocycles. The Bertz CT molecular complexity index is 665. The number of carbonyl (C=O) groups is 3. The summed E-state index contributed by atoms with van der Waals surface area (Å²) < 4.78 is 5.80. The Balaban J connectivity index is 1.99. The lowest BCUT2D eigenvalue weighted by Crippen LogP contribution is -2.53. The fourth-order valence-corrected chi connectivity index (χ4v) is 3.17. The fourth-order valence-electron chi connectivity index (χ4n) is 3.17. The first-order chi connectivity index (χ1) is 12.8. The standard InChI is InChI=1S/C19H26N2O6/c1-3-15(18(23)24)20-12(2)17(22)21-10-14(9-16(21)19(25)26)27-11-13-7-5-4-6-8-13/h4-8,12,14-16,20H,3,9-11H2,1-2H3,(H,23,24)(H,25,26)/t12?,14-,15+,16+/m1/s1. The summed E-state index contributed by atoms with van der Waals surface area (Å²) in [6.45, 7) is 3.75. The van der Waals surface area contributed by atoms with E-state index in [2.05, 4.69) is 5.32 Å². The maximum Gasteiger partial charge on any atom is 0.326 e. The van der Waals surface area contributed by atoms with Crippen molar-refractivity contribution in [3.8, 4) is 0 Å². The molecular weight excluding hydrogens is 352 g/mol. The number of rotatable bonds is 9. The molecule has 4 atom stereocenters. The summed E-state index contributed by atoms with van der Waals surface area (Å²) in [5, 5.41) is 21.3. The maximum absolute atomic E-state index is 12.7. The second-order valence-corrected chi connectivity index (χ2v) is 6.69. The van der Waals surface area contributed by atoms with E-state index in [1.165, 1.54) is 4.90 Å². The Morgan fingerprint density at radius 3 is 2.48 bits per heavy atom. The van der Waals surface area contributed by atoms with E-state index in [1.807, 2.05) is 30.3 Å². The van der Waals surface area contributed by atoms with Crippen LogP contribution in [-0.2, 0) is 25.7 Å². The highest BCUT2D eigenvalue weighted by Gasteiger charge is 2.41. The number of nitrogens with one attached hydrogen (secondary N) is 1. The molecule has 8 heteroatoms. The van der Waals surface area contributed by atoms with Crippen molar-refractivity contribution in [2.24, 2.45) is 0 Å². The predicted molar refractivity (Wildman–Crippen MR) is 97.1 cm³/mol. The zero-order valence-corrected chi connectivity index (χ0v) is 15.5. The van der Waals surface area contributed by atoms with Gasteiger partial charge in [-0.3, -0.25) is 14.9 Å². The van der Waals surface area contributed by atoms with Gasteiger partial charge in [-0.1, -0.05) is 37.3 Å². The minimum atomic E-state index is -1.09. The Labute approximate surface area is 158 Å². The van der Waals surface area contributed by atoms with Crippen LogP contribution >= 0.6 is 0 Å². The molecule has 0 saturated carbocycles. The Morgan fingerprint density at radius 2 is 1.93 bits per heavy atom. The van der Waals surface area contributed by atoms with Gasteiger partial charge >= 0.3 is 11.9 Å². The predicted octanol–water partition coefficient (Wildman–Crippen LogP) is 1.10. The van der Waals surface area contributed by atoms with Crippen LogP contribution in [0, 0.1) is 0 Å². The summed E-state index contributed by atoms with van der Waals surface area (Å²) >= 11 is 0. The zero-order valence-electron chi connectivity index (χ0n) is 15.5. The van der Waals surface area contributed by atoms with Crippen molar-refractivity contribution in [1.82, 2.24) is 10.2 Å². The van der Waals surface area contributed by atoms with Crippen LogP contribution in [-0.4, -0.2) is 63.7 Å². The van der Waals surface area contributed by atoms with Crippen LogP contribution in [0.1, 0.15) is 32.3 Å². The molecule has 1 unspecified atom stereocenters. The van der Waals surface area contributed by atoms with Crippen molar-refractivity contribution in [3.63, 3.8) is 0 Å². The van der Waals surface area contributed by atoms with Crippen molar-refractivity contribution in [1.29, 1.82) is 0 Å². The van der Waals surface area contributed by atoms with E-state index >= 15 is 0 Å². The molecule has 2 rings (SSSR count). The molecule has 1 aliphatic heterocycles. The number of carbonyl (C=O) groups excluding carboxylic acids is 1. The van der Waals surface area contributed by atoms with Gasteiger partial charge in [-0.15, -0.1) is 0 Å². The van der Waals surface area contributed by atoms with Crippen LogP contribution in [0.15, 0.2) is 30.3 Å². The summed E-state index contributed by atoms with van der Waals surface area (Å²) in [6, 6.07) is 6.86. The first kappa shape index (κ1) is 20.9. The van der Waals surface area contributed by atoms with Gasteiger partial charge in [0.05, 0.1) is 18.8 Å². The van der Waals surface area contributed by atoms with Gasteiger partial charge in [-0.05, 0) is 18.9 Å². The second-order valence-electron chi connectivity index (χ2n) is 6.69. The molecule has 1 amide bonds. The molecule has 0 spiro atoms. The first-order valence-corrected chi connectivity index (χ1v) is 9.01. The van der Waals surface area contributed by atoms with Gasteiger partial charge in [0, 0.05) is 13.0 Å². The van der Waals surface area contributed by atoms with Crippen LogP contribution in [0.5, 0.6) is 0 Å². The highest BCUT2D eigenvalue weighted by atomic mass is 16.5. The third-order valence-electron chi connectivity index (χ3n) is 4.69. The average molecular weight is 378 g/mol. The van der Waals surface area contributed by atoms with Crippen LogP contribution < -0.4 is 5.32 Å². The van der Waals surface area contributed by atoms with E-state index in [1.54, 1.807) is 13.8 Å². The third kappa shape index (κ3) is 5.51. The minimum absolute atomic E-state index is 0.165. The Morgan fingerprint density at radius 1 is 1.26 bits per heavy atom. The van der Waals surface area contributed by atoms with E-state index in [0.29, 0.717) is 13.0 Å². The highest BCUT2D eigenvalue weighted by Crippen LogP contribution is 2.23. The van der Waals surface area contributed by atoms with E-state index < -0.39 is 36.0 Å². The molecule has 1 saturated heterocycles. The first-order valence-electron chi connectivity index (χ1n) is 9.01. The molecule has 8 nitrogen and oxygen atoms in total. The van der Waals surface area contributed by atoms with Crippen molar-refractivity contribution in [3.05, 3.63) is 35.9 Å². The van der Waals surface area contributed by atoms with Gasteiger partial charge in [-0.25, -0.2) is 4.79 Å². The minimum Gasteiger partial charge on any atom is -0.480 e. The van der Waals surface area contributed by atoms with Crippen molar-refractivity contribution in [2.75, 3.05) is 6.54 Å². The number of nitrogens with zero attached hydrogens (tertiary/aromatic N) is 1. The molecule has 27 heavy (non-hydrogen) atoms. The molecule has 0 aromatic heterocycles. The zero-order chi connectivity index (χ0) is 20.0. The summed E-state index contributed by atoms with van der Waals surface area (Å²) in [4.78, 5) is 36.7. The third-order valence-corrected chi connectivity index (χ3v) is 4.69. The monoisotopic (exact) mass is 378 g/mol. The van der Waals surface area contributed by atoms with Gasteiger partial charge in [0.25, 0.3) is 0 Å². The molecule has 1 heterocycles. The van der Waals surface area contributed by atoms with Gasteiger partial charge < -0.3 is 19.8 Å². The molecule has 1 aromatic rings. The van der Waals surface area contributed by atoms with Crippen molar-refractivity contribution in [2.45, 2.75) is 57.5 Å². The number of amides is 1. The average Bonchev–Trinajstić information content (AvgIpc) is 3.08. The lowest BCUT2D eigenvalue weighted by Gasteiger charge is -2.26. The molecule has 1 aromatic carbocycles. The van der Waals surface area contributed by atoms with Crippen LogP contribution in [0.25, 0.3) is 0 Å². The van der Waals surface area contributed by atoms with Gasteiger partial charge in [0.15, 0.2) is 0 Å². The number of hydrogen-bond donors (Lipinski definition) is 3. The summed E-state index contributed by atoms with van der Waals surface area (Å²) in [5.74, 6) is -2.57. The van der Waals surface area contributed by atoms with E-state index in [4.69, 9.17) is 9.84 Å². The second kappa shape index (κ2) is 9.48. The van der Waals surface area contributed by atoms with Crippen LogP contribution in [0.2, 0.25) is 0 Å². The smallest absolute Gasteiger partial charge is 0.326 e. The Kier molecular flexibility index (Phi) is 7.32. The molecule has 3 N–H and O–H groups in total. The molecule has 148 valence electrons. The van der Waals surface area contributed by atoms with Crippen molar-refractivity contribution >= 4 is 17.8 Å². The molecule has 1 fully saturated rings. The molecule has 1 aliphatic rings. The van der Waals surface area contributed by atoms with E-state index in [0.717, 1.165) is 5.56 Å². The normalized spacial score (nSPS) is 21.6. The number of hydrogen-bond acceptors (Lipinski definition) is 5. The number of ether oxygens (including phenoxy) is 1. The van der Waals surface area contributed by atoms with Crippen LogP contribution in [0.3, 0.4) is 0 Å². The molecular formula is C19H26N2O6. The van der Waals surface area contributed by atoms with E-state index in [-0.39, 0.29) is 19.1 Å². The quantitative estimate of drug-likeness (QED) is 0.589. The number of carboxylic acids is 2. The van der Waals surface area contributed by atoms with Crippen LogP contribution in [0.4, 0.5) is 0 Å². The molecule has 0 radical (unpaired) electrons. The molecule has 0 bridgehead atoms. The Hall–Kier alpha value is -2.45. The van der Waals surface area contributed by atoms with Crippen molar-refractivity contribution < 1.29 is 29.3 Å². The van der Waals surface area contributed by atoms with Gasteiger partial charge in [0.1, 0.15) is 12.1 Å². The van der Waals surface area contributed by atoms with Gasteiger partial charge in [-0.2, -0.15) is 0 Å². The lowest BCUT2D eigenvalue weighted by molar-refractivity contribution is -0.149. The summed E-state index contributed by atoms with van der Waals surface area (Å²) in [6.07, 6.45) is 0.137. The topological polar surface area (TPSA) is 116 Å². The largest absolute Gasteiger partial charge is 0.480 e. The number of benzene rings is 1. The summed E-state index contributed by atoms with van der Waals surface area (Å²) in [7, 11) is 0.